The number of anilines is 1. The summed E-state index contributed by atoms with van der Waals surface area (Å²) in [4.78, 5) is 24.9. The number of halogens is 1. The van der Waals surface area contributed by atoms with Crippen LogP contribution in [0.5, 0.6) is 5.88 Å². The van der Waals surface area contributed by atoms with Gasteiger partial charge in [-0.1, -0.05) is 36.9 Å². The number of hydrogen-bond donors (Lipinski definition) is 0. The maximum Gasteiger partial charge on any atom is 0.282 e. The molecule has 2 aromatic carbocycles. The summed E-state index contributed by atoms with van der Waals surface area (Å²) in [6, 6.07) is 17.6. The molecule has 0 saturated carbocycles. The quantitative estimate of drug-likeness (QED) is 0.412. The Labute approximate surface area is 201 Å². The van der Waals surface area contributed by atoms with E-state index in [2.05, 4.69) is 22.5 Å². The monoisotopic (exact) mass is 467 g/mol. The number of carbonyl (C=O) groups is 1. The van der Waals surface area contributed by atoms with Crippen LogP contribution in [0.4, 0.5) is 10.1 Å². The van der Waals surface area contributed by atoms with Gasteiger partial charge in [-0.15, -0.1) is 0 Å². The van der Waals surface area contributed by atoms with Crippen LogP contribution in [0, 0.1) is 11.3 Å². The molecule has 174 valence electrons. The highest BCUT2D eigenvalue weighted by Gasteiger charge is 2.25. The van der Waals surface area contributed by atoms with Crippen LogP contribution in [-0.4, -0.2) is 54.1 Å². The summed E-state index contributed by atoms with van der Waals surface area (Å²) in [6.07, 6.45) is 1.79. The zero-order valence-corrected chi connectivity index (χ0v) is 19.2. The summed E-state index contributed by atoms with van der Waals surface area (Å²) in [5, 5.41) is 11.5. The van der Waals surface area contributed by atoms with Gasteiger partial charge in [0.1, 0.15) is 5.52 Å². The summed E-state index contributed by atoms with van der Waals surface area (Å²) < 4.78 is 18.7. The number of benzene rings is 2. The third-order valence-corrected chi connectivity index (χ3v) is 6.29. The molecular formula is C27H22FN5O2. The van der Waals surface area contributed by atoms with Gasteiger partial charge in [-0.2, -0.15) is 5.26 Å². The third-order valence-electron chi connectivity index (χ3n) is 6.29. The van der Waals surface area contributed by atoms with E-state index in [0.717, 1.165) is 27.6 Å². The Balaban J connectivity index is 1.57. The number of carbonyl (C=O) groups excluding carboxylic acids is 1. The molecule has 8 heteroatoms. The molecule has 0 radical (unpaired) electrons. The maximum atomic E-state index is 13.3. The topological polar surface area (TPSA) is 82.4 Å². The molecule has 0 bridgehead atoms. The molecule has 2 aromatic heterocycles. The highest BCUT2D eigenvalue weighted by Crippen LogP contribution is 2.35. The predicted octanol–water partition coefficient (Wildman–Crippen LogP) is 4.46. The molecule has 1 saturated heterocycles. The first-order valence-corrected chi connectivity index (χ1v) is 11.2. The van der Waals surface area contributed by atoms with Crippen molar-refractivity contribution < 1.29 is 13.9 Å². The SMILES string of the molecule is C=C(F)C(=O)N1CCN(c2cc(OC)nc3cc(-c4cccc5cccc(C#N)c45)cnc23)CC1. The van der Waals surface area contributed by atoms with Crippen LogP contribution in [0.1, 0.15) is 5.56 Å². The van der Waals surface area contributed by atoms with Gasteiger partial charge in [-0.3, -0.25) is 9.78 Å². The molecule has 1 fully saturated rings. The largest absolute Gasteiger partial charge is 0.481 e. The molecule has 7 nitrogen and oxygen atoms in total. The average Bonchev–Trinajstić information content (AvgIpc) is 2.90. The van der Waals surface area contributed by atoms with Gasteiger partial charge in [-0.25, -0.2) is 9.37 Å². The molecule has 0 unspecified atom stereocenters. The third kappa shape index (κ3) is 4.02. The van der Waals surface area contributed by atoms with Gasteiger partial charge >= 0.3 is 0 Å². The second-order valence-corrected chi connectivity index (χ2v) is 8.28. The molecule has 1 aliphatic heterocycles. The van der Waals surface area contributed by atoms with E-state index < -0.39 is 11.7 Å². The number of rotatable bonds is 4. The predicted molar refractivity (Wildman–Crippen MR) is 133 cm³/mol. The summed E-state index contributed by atoms with van der Waals surface area (Å²) in [7, 11) is 1.56. The molecular weight excluding hydrogens is 445 g/mol. The minimum absolute atomic E-state index is 0.374. The normalized spacial score (nSPS) is 13.6. The lowest BCUT2D eigenvalue weighted by Crippen LogP contribution is -2.49. The lowest BCUT2D eigenvalue weighted by Gasteiger charge is -2.36. The zero-order valence-electron chi connectivity index (χ0n) is 19.2. The van der Waals surface area contributed by atoms with Gasteiger partial charge in [0.05, 0.1) is 29.9 Å². The number of fused-ring (bicyclic) bond motifs is 2. The summed E-state index contributed by atoms with van der Waals surface area (Å²) in [5.41, 5.74) is 4.53. The standard InChI is InChI=1S/C27H22FN5O2/c1-17(28)27(34)33-11-9-32(10-12-33)23-14-24(35-2)31-22-13-20(16-30-26(22)23)21-8-4-6-18-5-3-7-19(15-29)25(18)21/h3-8,13-14,16H,1,9-12H2,2H3. The van der Waals surface area contributed by atoms with E-state index in [1.807, 2.05) is 48.5 Å². The Hall–Kier alpha value is -4.51. The Kier molecular flexibility index (Phi) is 5.75. The second kappa shape index (κ2) is 9.03. The van der Waals surface area contributed by atoms with Crippen LogP contribution >= 0.6 is 0 Å². The highest BCUT2D eigenvalue weighted by molar-refractivity contribution is 6.02. The molecule has 1 aliphatic rings. The van der Waals surface area contributed by atoms with Crippen LogP contribution in [0.2, 0.25) is 0 Å². The number of methoxy groups -OCH3 is 1. The summed E-state index contributed by atoms with van der Waals surface area (Å²) in [6.45, 7) is 4.88. The minimum Gasteiger partial charge on any atom is -0.481 e. The van der Waals surface area contributed by atoms with E-state index in [9.17, 15) is 14.4 Å². The van der Waals surface area contributed by atoms with Crippen molar-refractivity contribution >= 4 is 33.4 Å². The van der Waals surface area contributed by atoms with Crippen LogP contribution in [0.3, 0.4) is 0 Å². The fourth-order valence-corrected chi connectivity index (χ4v) is 4.56. The first-order valence-electron chi connectivity index (χ1n) is 11.2. The van der Waals surface area contributed by atoms with E-state index in [4.69, 9.17) is 9.72 Å². The molecule has 5 rings (SSSR count). The van der Waals surface area contributed by atoms with E-state index in [0.29, 0.717) is 48.7 Å². The van der Waals surface area contributed by atoms with E-state index in [1.54, 1.807) is 13.3 Å². The van der Waals surface area contributed by atoms with Crippen LogP contribution in [-0.2, 0) is 4.79 Å². The Bertz CT molecular complexity index is 1510. The zero-order chi connectivity index (χ0) is 24.5. The van der Waals surface area contributed by atoms with Gasteiger partial charge in [0.25, 0.3) is 5.91 Å². The fourth-order valence-electron chi connectivity index (χ4n) is 4.56. The summed E-state index contributed by atoms with van der Waals surface area (Å²) in [5.74, 6) is -1.18. The number of pyridine rings is 2. The van der Waals surface area contributed by atoms with Crippen molar-refractivity contribution in [2.24, 2.45) is 0 Å². The number of nitriles is 1. The van der Waals surface area contributed by atoms with Gasteiger partial charge < -0.3 is 14.5 Å². The van der Waals surface area contributed by atoms with Crippen molar-refractivity contribution in [3.8, 4) is 23.1 Å². The van der Waals surface area contributed by atoms with Gasteiger partial charge in [0.15, 0.2) is 5.83 Å². The van der Waals surface area contributed by atoms with Crippen molar-refractivity contribution in [3.05, 3.63) is 72.7 Å². The fraction of sp³-hybridized carbons (Fsp3) is 0.185. The van der Waals surface area contributed by atoms with Crippen LogP contribution < -0.4 is 9.64 Å². The van der Waals surface area contributed by atoms with E-state index in [-0.39, 0.29) is 0 Å². The first kappa shape index (κ1) is 22.3. The summed E-state index contributed by atoms with van der Waals surface area (Å²) >= 11 is 0. The molecule has 3 heterocycles. The minimum atomic E-state index is -0.948. The Morgan fingerprint density at radius 3 is 2.57 bits per heavy atom. The van der Waals surface area contributed by atoms with Gasteiger partial charge in [-0.05, 0) is 23.1 Å². The number of hydrogen-bond acceptors (Lipinski definition) is 6. The van der Waals surface area contributed by atoms with Crippen molar-refractivity contribution in [2.75, 3.05) is 38.2 Å². The Morgan fingerprint density at radius 1 is 1.14 bits per heavy atom. The van der Waals surface area contributed by atoms with Crippen molar-refractivity contribution in [3.63, 3.8) is 0 Å². The molecule has 1 amide bonds. The van der Waals surface area contributed by atoms with E-state index in [1.165, 1.54) is 4.90 Å². The number of aromatic nitrogens is 2. The lowest BCUT2D eigenvalue weighted by molar-refractivity contribution is -0.128. The number of piperazine rings is 1. The van der Waals surface area contributed by atoms with Gasteiger partial charge in [0.2, 0.25) is 5.88 Å². The number of ether oxygens (including phenoxy) is 1. The average molecular weight is 468 g/mol. The maximum absolute atomic E-state index is 13.3. The lowest BCUT2D eigenvalue weighted by atomic mass is 9.95. The van der Waals surface area contributed by atoms with Crippen LogP contribution in [0.25, 0.3) is 32.9 Å². The second-order valence-electron chi connectivity index (χ2n) is 8.28. The molecule has 35 heavy (non-hydrogen) atoms. The van der Waals surface area contributed by atoms with Crippen molar-refractivity contribution in [2.45, 2.75) is 0 Å². The first-order chi connectivity index (χ1) is 17.0. The van der Waals surface area contributed by atoms with Crippen molar-refractivity contribution in [1.29, 1.82) is 5.26 Å². The molecule has 0 aliphatic carbocycles. The van der Waals surface area contributed by atoms with Gasteiger partial charge in [0, 0.05) is 49.4 Å². The van der Waals surface area contributed by atoms with Crippen molar-refractivity contribution in [1.82, 2.24) is 14.9 Å². The number of nitrogens with zero attached hydrogens (tertiary/aromatic N) is 5. The van der Waals surface area contributed by atoms with E-state index >= 15 is 0 Å². The smallest absolute Gasteiger partial charge is 0.282 e. The molecule has 0 atom stereocenters. The number of amides is 1. The Morgan fingerprint density at radius 2 is 1.89 bits per heavy atom. The van der Waals surface area contributed by atoms with Crippen LogP contribution in [0.15, 0.2) is 67.1 Å². The molecule has 4 aromatic rings. The highest BCUT2D eigenvalue weighted by atomic mass is 19.1. The molecule has 0 spiro atoms. The molecule has 0 N–H and O–H groups in total.